The number of benzene rings is 2. The van der Waals surface area contributed by atoms with Gasteiger partial charge in [-0.1, -0.05) is 30.3 Å². The normalized spacial score (nSPS) is 12.2. The van der Waals surface area contributed by atoms with Crippen molar-refractivity contribution in [2.24, 2.45) is 0 Å². The van der Waals surface area contributed by atoms with E-state index in [-0.39, 0.29) is 31.2 Å². The van der Waals surface area contributed by atoms with Crippen LogP contribution < -0.4 is 20.3 Å². The van der Waals surface area contributed by atoms with Crippen molar-refractivity contribution in [3.05, 3.63) is 59.7 Å². The molecular formula is C20H23F3N3O3+. The molecule has 0 saturated carbocycles. The Morgan fingerprint density at radius 2 is 1.62 bits per heavy atom. The van der Waals surface area contributed by atoms with Crippen LogP contribution in [0.2, 0.25) is 0 Å². The van der Waals surface area contributed by atoms with Crippen molar-refractivity contribution in [2.45, 2.75) is 12.7 Å². The Morgan fingerprint density at radius 3 is 2.31 bits per heavy atom. The number of carbonyl (C=O) groups is 2. The van der Waals surface area contributed by atoms with Crippen LogP contribution in [0.25, 0.3) is 0 Å². The number of methoxy groups -OCH3 is 1. The Kier molecular flexibility index (Phi) is 7.60. The van der Waals surface area contributed by atoms with E-state index in [9.17, 15) is 22.8 Å². The average Bonchev–Trinajstić information content (AvgIpc) is 2.65. The SMILES string of the molecule is COc1ccccc1CNC(=O)C[NH+](C)CC(=O)Nc1ccccc1C(F)(F)F. The number of quaternary nitrogens is 1. The number of hydrogen-bond acceptors (Lipinski definition) is 3. The third kappa shape index (κ3) is 6.79. The monoisotopic (exact) mass is 410 g/mol. The van der Waals surface area contributed by atoms with Crippen LogP contribution in [-0.4, -0.2) is 39.1 Å². The summed E-state index contributed by atoms with van der Waals surface area (Å²) in [6, 6.07) is 12.0. The molecule has 156 valence electrons. The lowest BCUT2D eigenvalue weighted by atomic mass is 10.1. The maximum Gasteiger partial charge on any atom is 0.418 e. The molecule has 29 heavy (non-hydrogen) atoms. The van der Waals surface area contributed by atoms with Gasteiger partial charge in [-0.3, -0.25) is 9.59 Å². The predicted molar refractivity (Wildman–Crippen MR) is 102 cm³/mol. The molecule has 2 aromatic carbocycles. The van der Waals surface area contributed by atoms with Gasteiger partial charge in [-0.15, -0.1) is 0 Å². The number of anilines is 1. The molecule has 0 aliphatic carbocycles. The van der Waals surface area contributed by atoms with Gasteiger partial charge in [0.1, 0.15) is 5.75 Å². The Morgan fingerprint density at radius 1 is 1.00 bits per heavy atom. The van der Waals surface area contributed by atoms with Crippen LogP contribution in [0.3, 0.4) is 0 Å². The third-order valence-corrected chi connectivity index (χ3v) is 4.10. The summed E-state index contributed by atoms with van der Waals surface area (Å²) in [6.45, 7) is 0.0963. The first-order chi connectivity index (χ1) is 13.7. The second kappa shape index (κ2) is 9.92. The number of halogens is 3. The number of carbonyl (C=O) groups excluding carboxylic acids is 2. The second-order valence-corrected chi connectivity index (χ2v) is 6.49. The molecule has 2 rings (SSSR count). The summed E-state index contributed by atoms with van der Waals surface area (Å²) < 4.78 is 44.2. The van der Waals surface area contributed by atoms with Crippen LogP contribution in [0, 0.1) is 0 Å². The van der Waals surface area contributed by atoms with Crippen molar-refractivity contribution >= 4 is 17.5 Å². The highest BCUT2D eigenvalue weighted by Crippen LogP contribution is 2.34. The summed E-state index contributed by atoms with van der Waals surface area (Å²) in [5.74, 6) is -0.259. The molecule has 2 aromatic rings. The zero-order valence-electron chi connectivity index (χ0n) is 16.1. The lowest BCUT2D eigenvalue weighted by molar-refractivity contribution is -0.862. The zero-order valence-corrected chi connectivity index (χ0v) is 16.1. The number of likely N-dealkylation sites (N-methyl/N-ethyl adjacent to an activating group) is 1. The number of amides is 2. The van der Waals surface area contributed by atoms with Crippen LogP contribution in [0.5, 0.6) is 5.75 Å². The summed E-state index contributed by atoms with van der Waals surface area (Å²) in [7, 11) is 3.14. The van der Waals surface area contributed by atoms with Gasteiger partial charge in [0.25, 0.3) is 11.8 Å². The smallest absolute Gasteiger partial charge is 0.418 e. The van der Waals surface area contributed by atoms with Crippen molar-refractivity contribution in [1.82, 2.24) is 5.32 Å². The Hall–Kier alpha value is -3.07. The molecule has 9 heteroatoms. The molecule has 0 saturated heterocycles. The fourth-order valence-corrected chi connectivity index (χ4v) is 2.75. The van der Waals surface area contributed by atoms with Crippen LogP contribution in [0.15, 0.2) is 48.5 Å². The van der Waals surface area contributed by atoms with E-state index in [2.05, 4.69) is 10.6 Å². The molecule has 0 fully saturated rings. The van der Waals surface area contributed by atoms with Gasteiger partial charge in [0.2, 0.25) is 0 Å². The first-order valence-corrected chi connectivity index (χ1v) is 8.86. The molecular weight excluding hydrogens is 387 g/mol. The molecule has 0 heterocycles. The first kappa shape index (κ1) is 22.2. The largest absolute Gasteiger partial charge is 0.496 e. The highest BCUT2D eigenvalue weighted by atomic mass is 19.4. The quantitative estimate of drug-likeness (QED) is 0.618. The minimum atomic E-state index is -4.57. The summed E-state index contributed by atoms with van der Waals surface area (Å²) in [6.07, 6.45) is -4.57. The summed E-state index contributed by atoms with van der Waals surface area (Å²) in [5.41, 5.74) is -0.415. The molecule has 1 unspecified atom stereocenters. The van der Waals surface area contributed by atoms with Crippen molar-refractivity contribution in [3.8, 4) is 5.75 Å². The molecule has 6 nitrogen and oxygen atoms in total. The number of alkyl halides is 3. The van der Waals surface area contributed by atoms with Gasteiger partial charge < -0.3 is 20.3 Å². The van der Waals surface area contributed by atoms with E-state index in [1.54, 1.807) is 13.1 Å². The molecule has 0 aliphatic heterocycles. The van der Waals surface area contributed by atoms with E-state index in [4.69, 9.17) is 4.74 Å². The lowest BCUT2D eigenvalue weighted by Crippen LogP contribution is -3.11. The molecule has 3 N–H and O–H groups in total. The zero-order chi connectivity index (χ0) is 21.4. The van der Waals surface area contributed by atoms with E-state index >= 15 is 0 Å². The molecule has 0 radical (unpaired) electrons. The van der Waals surface area contributed by atoms with Crippen molar-refractivity contribution in [1.29, 1.82) is 0 Å². The van der Waals surface area contributed by atoms with Crippen LogP contribution in [0.4, 0.5) is 18.9 Å². The van der Waals surface area contributed by atoms with E-state index in [0.29, 0.717) is 10.6 Å². The Bertz CT molecular complexity index is 856. The maximum atomic E-state index is 13.0. The number of para-hydroxylation sites is 2. The number of hydrogen-bond donors (Lipinski definition) is 3. The maximum absolute atomic E-state index is 13.0. The minimum Gasteiger partial charge on any atom is -0.496 e. The lowest BCUT2D eigenvalue weighted by Gasteiger charge is -2.16. The molecule has 0 aromatic heterocycles. The van der Waals surface area contributed by atoms with E-state index in [0.717, 1.165) is 11.6 Å². The fraction of sp³-hybridized carbons (Fsp3) is 0.300. The minimum absolute atomic E-state index is 0.0104. The second-order valence-electron chi connectivity index (χ2n) is 6.49. The van der Waals surface area contributed by atoms with Gasteiger partial charge in [0.05, 0.1) is 25.4 Å². The predicted octanol–water partition coefficient (Wildman–Crippen LogP) is 1.48. The van der Waals surface area contributed by atoms with E-state index in [1.165, 1.54) is 25.3 Å². The van der Waals surface area contributed by atoms with Gasteiger partial charge in [-0.25, -0.2) is 0 Å². The van der Waals surface area contributed by atoms with Crippen LogP contribution in [0.1, 0.15) is 11.1 Å². The van der Waals surface area contributed by atoms with Crippen LogP contribution >= 0.6 is 0 Å². The Labute approximate surface area is 166 Å². The number of rotatable bonds is 8. The van der Waals surface area contributed by atoms with Crippen molar-refractivity contribution in [3.63, 3.8) is 0 Å². The summed E-state index contributed by atoms with van der Waals surface area (Å²) in [5, 5.41) is 5.00. The van der Waals surface area contributed by atoms with Gasteiger partial charge >= 0.3 is 6.18 Å². The van der Waals surface area contributed by atoms with Crippen LogP contribution in [-0.2, 0) is 22.3 Å². The van der Waals surface area contributed by atoms with Gasteiger partial charge in [0, 0.05) is 12.1 Å². The fourth-order valence-electron chi connectivity index (χ4n) is 2.75. The highest BCUT2D eigenvalue weighted by Gasteiger charge is 2.33. The van der Waals surface area contributed by atoms with Crippen molar-refractivity contribution in [2.75, 3.05) is 32.6 Å². The topological polar surface area (TPSA) is 71.9 Å². The summed E-state index contributed by atoms with van der Waals surface area (Å²) in [4.78, 5) is 24.7. The molecule has 0 bridgehead atoms. The number of ether oxygens (including phenoxy) is 1. The molecule has 0 aliphatic rings. The summed E-state index contributed by atoms with van der Waals surface area (Å²) >= 11 is 0. The van der Waals surface area contributed by atoms with Crippen molar-refractivity contribution < 1.29 is 32.4 Å². The van der Waals surface area contributed by atoms with E-state index in [1.807, 2.05) is 18.2 Å². The third-order valence-electron chi connectivity index (χ3n) is 4.10. The molecule has 2 amide bonds. The van der Waals surface area contributed by atoms with E-state index < -0.39 is 17.6 Å². The molecule has 1 atom stereocenters. The van der Waals surface area contributed by atoms with Gasteiger partial charge in [-0.2, -0.15) is 13.2 Å². The first-order valence-electron chi connectivity index (χ1n) is 8.86. The van der Waals surface area contributed by atoms with Gasteiger partial charge in [-0.05, 0) is 18.2 Å². The number of nitrogens with one attached hydrogen (secondary N) is 3. The molecule has 0 spiro atoms. The average molecular weight is 410 g/mol. The standard InChI is InChI=1S/C20H22F3N3O3/c1-26(12-18(27)24-11-14-7-3-6-10-17(14)29-2)13-19(28)25-16-9-5-4-8-15(16)20(21,22)23/h3-10H,11-13H2,1-2H3,(H,24,27)(H,25,28)/p+1. The highest BCUT2D eigenvalue weighted by molar-refractivity contribution is 5.92. The Balaban J connectivity index is 1.85. The van der Waals surface area contributed by atoms with Gasteiger partial charge in [0.15, 0.2) is 13.1 Å².